The van der Waals surface area contributed by atoms with E-state index in [1.165, 1.54) is 39.9 Å². The molecule has 1 aliphatic rings. The zero-order chi connectivity index (χ0) is 20.6. The zero-order valence-corrected chi connectivity index (χ0v) is 17.7. The minimum atomic E-state index is -3.82. The molecule has 8 heteroatoms. The van der Waals surface area contributed by atoms with Gasteiger partial charge in [0.1, 0.15) is 0 Å². The van der Waals surface area contributed by atoms with Gasteiger partial charge in [0.25, 0.3) is 10.0 Å². The lowest BCUT2D eigenvalue weighted by atomic mass is 10.1. The summed E-state index contributed by atoms with van der Waals surface area (Å²) in [5.74, 6) is 0. The molecule has 1 saturated heterocycles. The first-order valence-corrected chi connectivity index (χ1v) is 12.3. The maximum atomic E-state index is 13.1. The Kier molecular flexibility index (Phi) is 5.10. The van der Waals surface area contributed by atoms with Crippen LogP contribution < -0.4 is 4.31 Å². The summed E-state index contributed by atoms with van der Waals surface area (Å²) in [6.07, 6.45) is 1.70. The average Bonchev–Trinajstić information content (AvgIpc) is 3.29. The second kappa shape index (κ2) is 7.44. The van der Waals surface area contributed by atoms with Crippen LogP contribution in [0.4, 0.5) is 5.69 Å². The predicted octanol–water partition coefficient (Wildman–Crippen LogP) is 3.45. The smallest absolute Gasteiger partial charge is 0.264 e. The van der Waals surface area contributed by atoms with Gasteiger partial charge in [0.15, 0.2) is 0 Å². The molecule has 6 nitrogen and oxygen atoms in total. The van der Waals surface area contributed by atoms with Crippen molar-refractivity contribution in [1.29, 1.82) is 0 Å². The van der Waals surface area contributed by atoms with Crippen LogP contribution in [0.2, 0.25) is 0 Å². The molecule has 1 fully saturated rings. The van der Waals surface area contributed by atoms with Crippen molar-refractivity contribution in [2.24, 2.45) is 0 Å². The summed E-state index contributed by atoms with van der Waals surface area (Å²) >= 11 is 0. The van der Waals surface area contributed by atoms with Crippen LogP contribution in [0, 0.1) is 0 Å². The molecule has 0 spiro atoms. The molecule has 0 radical (unpaired) electrons. The molecule has 1 aliphatic heterocycles. The van der Waals surface area contributed by atoms with Gasteiger partial charge in [-0.15, -0.1) is 0 Å². The van der Waals surface area contributed by atoms with Crippen LogP contribution in [-0.4, -0.2) is 41.3 Å². The van der Waals surface area contributed by atoms with Crippen LogP contribution >= 0.6 is 0 Å². The first kappa shape index (κ1) is 19.9. The van der Waals surface area contributed by atoms with Crippen molar-refractivity contribution >= 4 is 36.5 Å². The second-order valence-electron chi connectivity index (χ2n) is 7.09. The Morgan fingerprint density at radius 3 is 2.00 bits per heavy atom. The SMILES string of the molecule is CN(c1ccc2ccccc2c1)S(=O)(=O)c1ccc(S(=O)(=O)N2CCCC2)cc1. The third-order valence-electron chi connectivity index (χ3n) is 5.28. The van der Waals surface area contributed by atoms with Crippen molar-refractivity contribution in [3.05, 3.63) is 66.7 Å². The first-order valence-electron chi connectivity index (χ1n) is 9.38. The average molecular weight is 431 g/mol. The molecule has 0 N–H and O–H groups in total. The van der Waals surface area contributed by atoms with Gasteiger partial charge in [0.05, 0.1) is 15.5 Å². The topological polar surface area (TPSA) is 74.8 Å². The van der Waals surface area contributed by atoms with Crippen LogP contribution in [0.5, 0.6) is 0 Å². The Morgan fingerprint density at radius 1 is 0.759 bits per heavy atom. The van der Waals surface area contributed by atoms with Gasteiger partial charge < -0.3 is 0 Å². The van der Waals surface area contributed by atoms with E-state index in [0.717, 1.165) is 23.6 Å². The molecule has 1 heterocycles. The summed E-state index contributed by atoms with van der Waals surface area (Å²) in [5, 5.41) is 1.97. The highest BCUT2D eigenvalue weighted by molar-refractivity contribution is 7.92. The van der Waals surface area contributed by atoms with Crippen LogP contribution in [0.25, 0.3) is 10.8 Å². The van der Waals surface area contributed by atoms with E-state index < -0.39 is 20.0 Å². The molecule has 4 rings (SSSR count). The minimum absolute atomic E-state index is 0.0496. The molecule has 152 valence electrons. The Bertz CT molecular complexity index is 1250. The number of anilines is 1. The lowest BCUT2D eigenvalue weighted by Crippen LogP contribution is -2.28. The Balaban J connectivity index is 1.64. The van der Waals surface area contributed by atoms with Crippen molar-refractivity contribution in [2.45, 2.75) is 22.6 Å². The summed E-state index contributed by atoms with van der Waals surface area (Å²) in [7, 11) is -5.90. The molecule has 0 aromatic heterocycles. The van der Waals surface area contributed by atoms with Crippen LogP contribution in [0.15, 0.2) is 76.5 Å². The quantitative estimate of drug-likeness (QED) is 0.621. The molecule has 3 aromatic rings. The molecule has 0 bridgehead atoms. The summed E-state index contributed by atoms with van der Waals surface area (Å²) in [6.45, 7) is 1.01. The van der Waals surface area contributed by atoms with Crippen LogP contribution in [0.3, 0.4) is 0 Å². The number of benzene rings is 3. The zero-order valence-electron chi connectivity index (χ0n) is 16.0. The molecular weight excluding hydrogens is 408 g/mol. The third-order valence-corrected chi connectivity index (χ3v) is 8.99. The molecular formula is C21H22N2O4S2. The van der Waals surface area contributed by atoms with Gasteiger partial charge in [-0.05, 0) is 60.0 Å². The van der Waals surface area contributed by atoms with Gasteiger partial charge in [-0.2, -0.15) is 4.31 Å². The fourth-order valence-electron chi connectivity index (χ4n) is 3.53. The van der Waals surface area contributed by atoms with Crippen molar-refractivity contribution in [3.63, 3.8) is 0 Å². The van der Waals surface area contributed by atoms with E-state index in [1.807, 2.05) is 36.4 Å². The Hall–Kier alpha value is -2.42. The summed E-state index contributed by atoms with van der Waals surface area (Å²) < 4.78 is 54.0. The number of rotatable bonds is 5. The van der Waals surface area contributed by atoms with E-state index in [0.29, 0.717) is 18.8 Å². The van der Waals surface area contributed by atoms with Crippen molar-refractivity contribution in [2.75, 3.05) is 24.4 Å². The monoisotopic (exact) mass is 430 g/mol. The molecule has 29 heavy (non-hydrogen) atoms. The summed E-state index contributed by atoms with van der Waals surface area (Å²) in [4.78, 5) is 0.167. The van der Waals surface area contributed by atoms with Gasteiger partial charge in [-0.25, -0.2) is 16.8 Å². The van der Waals surface area contributed by atoms with E-state index in [1.54, 1.807) is 6.07 Å². The number of fused-ring (bicyclic) bond motifs is 1. The lowest BCUT2D eigenvalue weighted by molar-refractivity contribution is 0.477. The van der Waals surface area contributed by atoms with E-state index in [2.05, 4.69) is 0 Å². The van der Waals surface area contributed by atoms with Crippen LogP contribution in [0.1, 0.15) is 12.8 Å². The largest absolute Gasteiger partial charge is 0.269 e. The fourth-order valence-corrected chi connectivity index (χ4v) is 6.24. The van der Waals surface area contributed by atoms with Gasteiger partial charge in [0, 0.05) is 20.1 Å². The lowest BCUT2D eigenvalue weighted by Gasteiger charge is -2.20. The maximum absolute atomic E-state index is 13.1. The number of hydrogen-bond acceptors (Lipinski definition) is 4. The normalized spacial score (nSPS) is 15.6. The van der Waals surface area contributed by atoms with Crippen molar-refractivity contribution < 1.29 is 16.8 Å². The van der Waals surface area contributed by atoms with E-state index in [9.17, 15) is 16.8 Å². The van der Waals surface area contributed by atoms with E-state index in [4.69, 9.17) is 0 Å². The third kappa shape index (κ3) is 3.63. The maximum Gasteiger partial charge on any atom is 0.264 e. The molecule has 0 amide bonds. The molecule has 0 saturated carbocycles. The predicted molar refractivity (Wildman–Crippen MR) is 114 cm³/mol. The Labute approximate surface area is 171 Å². The minimum Gasteiger partial charge on any atom is -0.269 e. The van der Waals surface area contributed by atoms with Crippen LogP contribution in [-0.2, 0) is 20.0 Å². The molecule has 0 atom stereocenters. The number of hydrogen-bond donors (Lipinski definition) is 0. The summed E-state index contributed by atoms with van der Waals surface area (Å²) in [6, 6.07) is 18.6. The number of nitrogens with zero attached hydrogens (tertiary/aromatic N) is 2. The molecule has 3 aromatic carbocycles. The van der Waals surface area contributed by atoms with E-state index >= 15 is 0 Å². The second-order valence-corrected chi connectivity index (χ2v) is 11.0. The Morgan fingerprint density at radius 2 is 1.34 bits per heavy atom. The highest BCUT2D eigenvalue weighted by Crippen LogP contribution is 2.27. The molecule has 0 unspecified atom stereocenters. The number of sulfonamides is 2. The van der Waals surface area contributed by atoms with Crippen molar-refractivity contribution in [1.82, 2.24) is 4.31 Å². The standard InChI is InChI=1S/C21H22N2O4S2/c1-22(19-9-8-17-6-2-3-7-18(17)16-19)28(24,25)20-10-12-21(13-11-20)29(26,27)23-14-4-5-15-23/h2-3,6-13,16H,4-5,14-15H2,1H3. The van der Waals surface area contributed by atoms with Crippen molar-refractivity contribution in [3.8, 4) is 0 Å². The fraction of sp³-hybridized carbons (Fsp3) is 0.238. The van der Waals surface area contributed by atoms with Gasteiger partial charge in [0.2, 0.25) is 10.0 Å². The van der Waals surface area contributed by atoms with Gasteiger partial charge in [-0.3, -0.25) is 4.31 Å². The highest BCUT2D eigenvalue weighted by atomic mass is 32.2. The first-order chi connectivity index (χ1) is 13.8. The van der Waals surface area contributed by atoms with Gasteiger partial charge in [-0.1, -0.05) is 30.3 Å². The highest BCUT2D eigenvalue weighted by Gasteiger charge is 2.28. The van der Waals surface area contributed by atoms with E-state index in [-0.39, 0.29) is 9.79 Å². The molecule has 0 aliphatic carbocycles. The summed E-state index contributed by atoms with van der Waals surface area (Å²) in [5.41, 5.74) is 0.539. The van der Waals surface area contributed by atoms with Gasteiger partial charge >= 0.3 is 0 Å².